The molecule has 1 unspecified atom stereocenters. The van der Waals surface area contributed by atoms with E-state index >= 15 is 0 Å². The first-order valence-electron chi connectivity index (χ1n) is 4.48. The summed E-state index contributed by atoms with van der Waals surface area (Å²) in [5.74, 6) is -0.138. The fourth-order valence-electron chi connectivity index (χ4n) is 1.82. The minimum atomic E-state index is -1.34. The van der Waals surface area contributed by atoms with E-state index in [0.29, 0.717) is 11.1 Å². The van der Waals surface area contributed by atoms with Gasteiger partial charge >= 0.3 is 0 Å². The highest BCUT2D eigenvalue weighted by molar-refractivity contribution is 5.37. The number of aliphatic hydroxyl groups excluding tert-OH is 4. The van der Waals surface area contributed by atoms with Gasteiger partial charge < -0.3 is 20.4 Å². The summed E-state index contributed by atoms with van der Waals surface area (Å²) in [7, 11) is 0. The Morgan fingerprint density at radius 2 is 1.79 bits per heavy atom. The van der Waals surface area contributed by atoms with E-state index in [1.54, 1.807) is 19.9 Å². The van der Waals surface area contributed by atoms with Crippen LogP contribution in [0.2, 0.25) is 0 Å². The molecule has 1 aliphatic carbocycles. The molecule has 0 aliphatic heterocycles. The van der Waals surface area contributed by atoms with Crippen LogP contribution in [0.5, 0.6) is 0 Å². The van der Waals surface area contributed by atoms with Crippen LogP contribution < -0.4 is 0 Å². The normalized spacial score (nSPS) is 26.4. The molecule has 0 aromatic heterocycles. The van der Waals surface area contributed by atoms with Crippen LogP contribution in [-0.4, -0.2) is 39.7 Å². The standard InChI is InChI=1S/C10H16O4/c1-6-3-7(2)9(14)10(4-11,5-12)8(6)13/h3,8,11-14H,4-5H2,1-2H3. The van der Waals surface area contributed by atoms with Gasteiger partial charge in [0.2, 0.25) is 0 Å². The average Bonchev–Trinajstić information content (AvgIpc) is 2.18. The highest BCUT2D eigenvalue weighted by atomic mass is 16.3. The highest BCUT2D eigenvalue weighted by Crippen LogP contribution is 2.38. The summed E-state index contributed by atoms with van der Waals surface area (Å²) in [6.07, 6.45) is 0.602. The first kappa shape index (κ1) is 11.2. The minimum absolute atomic E-state index is 0.138. The zero-order valence-electron chi connectivity index (χ0n) is 8.36. The molecule has 0 aromatic carbocycles. The van der Waals surface area contributed by atoms with Crippen LogP contribution in [-0.2, 0) is 0 Å². The van der Waals surface area contributed by atoms with Crippen molar-refractivity contribution in [3.05, 3.63) is 23.0 Å². The second-order valence-electron chi connectivity index (χ2n) is 3.79. The molecule has 14 heavy (non-hydrogen) atoms. The maximum atomic E-state index is 9.79. The Morgan fingerprint density at radius 3 is 2.21 bits per heavy atom. The summed E-state index contributed by atoms with van der Waals surface area (Å²) in [5.41, 5.74) is -0.151. The van der Waals surface area contributed by atoms with Crippen molar-refractivity contribution in [3.63, 3.8) is 0 Å². The molecule has 4 nitrogen and oxygen atoms in total. The molecule has 0 fully saturated rings. The molecule has 0 spiro atoms. The molecule has 0 radical (unpaired) electrons. The summed E-state index contributed by atoms with van der Waals surface area (Å²) in [5, 5.41) is 37.9. The van der Waals surface area contributed by atoms with E-state index in [-0.39, 0.29) is 5.76 Å². The van der Waals surface area contributed by atoms with Crippen molar-refractivity contribution in [2.24, 2.45) is 5.41 Å². The molecule has 0 heterocycles. The molecule has 0 amide bonds. The largest absolute Gasteiger partial charge is 0.511 e. The molecule has 1 rings (SSSR count). The Kier molecular flexibility index (Phi) is 2.99. The van der Waals surface area contributed by atoms with Crippen LogP contribution in [0.25, 0.3) is 0 Å². The van der Waals surface area contributed by atoms with Gasteiger partial charge in [-0.1, -0.05) is 6.08 Å². The molecule has 0 saturated carbocycles. The van der Waals surface area contributed by atoms with Crippen LogP contribution >= 0.6 is 0 Å². The summed E-state index contributed by atoms with van der Waals surface area (Å²) < 4.78 is 0. The van der Waals surface area contributed by atoms with Gasteiger partial charge in [0, 0.05) is 0 Å². The van der Waals surface area contributed by atoms with Gasteiger partial charge in [0.1, 0.15) is 11.2 Å². The first-order chi connectivity index (χ1) is 6.49. The zero-order chi connectivity index (χ0) is 10.9. The smallest absolute Gasteiger partial charge is 0.109 e. The van der Waals surface area contributed by atoms with E-state index in [0.717, 1.165) is 0 Å². The predicted molar refractivity (Wildman–Crippen MR) is 51.7 cm³/mol. The topological polar surface area (TPSA) is 80.9 Å². The van der Waals surface area contributed by atoms with Gasteiger partial charge in [0.25, 0.3) is 0 Å². The molecule has 1 aliphatic rings. The Hall–Kier alpha value is -0.840. The molecule has 1 atom stereocenters. The average molecular weight is 200 g/mol. The number of allylic oxidation sites excluding steroid dienone is 2. The van der Waals surface area contributed by atoms with E-state index in [2.05, 4.69) is 0 Å². The van der Waals surface area contributed by atoms with Crippen molar-refractivity contribution >= 4 is 0 Å². The molecule has 4 heteroatoms. The van der Waals surface area contributed by atoms with E-state index in [4.69, 9.17) is 0 Å². The molecular weight excluding hydrogens is 184 g/mol. The monoisotopic (exact) mass is 200 g/mol. The highest BCUT2D eigenvalue weighted by Gasteiger charge is 2.44. The van der Waals surface area contributed by atoms with E-state index in [1.165, 1.54) is 0 Å². The number of hydrogen-bond acceptors (Lipinski definition) is 4. The Balaban J connectivity index is 3.25. The second-order valence-corrected chi connectivity index (χ2v) is 3.79. The van der Waals surface area contributed by atoms with Crippen LogP contribution in [0, 0.1) is 5.41 Å². The lowest BCUT2D eigenvalue weighted by Crippen LogP contribution is -2.46. The third-order valence-electron chi connectivity index (χ3n) is 2.81. The van der Waals surface area contributed by atoms with E-state index < -0.39 is 24.7 Å². The summed E-state index contributed by atoms with van der Waals surface area (Å²) >= 11 is 0. The molecular formula is C10H16O4. The van der Waals surface area contributed by atoms with Crippen molar-refractivity contribution < 1.29 is 20.4 Å². The Labute approximate surface area is 82.8 Å². The third-order valence-corrected chi connectivity index (χ3v) is 2.81. The zero-order valence-corrected chi connectivity index (χ0v) is 8.36. The van der Waals surface area contributed by atoms with Gasteiger partial charge in [-0.2, -0.15) is 0 Å². The van der Waals surface area contributed by atoms with Crippen molar-refractivity contribution in [3.8, 4) is 0 Å². The lowest BCUT2D eigenvalue weighted by Gasteiger charge is -2.38. The van der Waals surface area contributed by atoms with E-state index in [9.17, 15) is 20.4 Å². The van der Waals surface area contributed by atoms with Crippen LogP contribution in [0.1, 0.15) is 13.8 Å². The van der Waals surface area contributed by atoms with Crippen LogP contribution in [0.3, 0.4) is 0 Å². The van der Waals surface area contributed by atoms with Gasteiger partial charge in [0.15, 0.2) is 0 Å². The fourth-order valence-corrected chi connectivity index (χ4v) is 1.82. The number of aliphatic hydroxyl groups is 4. The molecule has 0 saturated heterocycles. The summed E-state index contributed by atoms with van der Waals surface area (Å²) in [4.78, 5) is 0. The Morgan fingerprint density at radius 1 is 1.29 bits per heavy atom. The van der Waals surface area contributed by atoms with Crippen molar-refractivity contribution in [2.45, 2.75) is 20.0 Å². The van der Waals surface area contributed by atoms with Gasteiger partial charge in [-0.15, -0.1) is 0 Å². The van der Waals surface area contributed by atoms with Gasteiger partial charge in [-0.3, -0.25) is 0 Å². The van der Waals surface area contributed by atoms with Crippen molar-refractivity contribution in [1.82, 2.24) is 0 Å². The quantitative estimate of drug-likeness (QED) is 0.510. The molecule has 0 bridgehead atoms. The predicted octanol–water partition coefficient (Wildman–Crippen LogP) is 0.110. The lowest BCUT2D eigenvalue weighted by molar-refractivity contribution is -0.0371. The fraction of sp³-hybridized carbons (Fsp3) is 0.600. The summed E-state index contributed by atoms with van der Waals surface area (Å²) in [6, 6.07) is 0. The summed E-state index contributed by atoms with van der Waals surface area (Å²) in [6.45, 7) is 2.39. The minimum Gasteiger partial charge on any atom is -0.511 e. The van der Waals surface area contributed by atoms with Crippen LogP contribution in [0.15, 0.2) is 23.0 Å². The Bertz CT molecular complexity index is 286. The van der Waals surface area contributed by atoms with Crippen molar-refractivity contribution in [1.29, 1.82) is 0 Å². The number of rotatable bonds is 2. The van der Waals surface area contributed by atoms with Crippen molar-refractivity contribution in [2.75, 3.05) is 13.2 Å². The van der Waals surface area contributed by atoms with Gasteiger partial charge in [-0.25, -0.2) is 0 Å². The maximum Gasteiger partial charge on any atom is 0.109 e. The van der Waals surface area contributed by atoms with E-state index in [1.807, 2.05) is 0 Å². The maximum absolute atomic E-state index is 9.79. The third kappa shape index (κ3) is 1.35. The number of hydrogen-bond donors (Lipinski definition) is 4. The van der Waals surface area contributed by atoms with Crippen LogP contribution in [0.4, 0.5) is 0 Å². The first-order valence-corrected chi connectivity index (χ1v) is 4.48. The molecule has 4 N–H and O–H groups in total. The second kappa shape index (κ2) is 3.73. The SMILES string of the molecule is CC1=CC(C)=C(O)C(CO)(CO)C1O. The molecule has 80 valence electrons. The lowest BCUT2D eigenvalue weighted by atomic mass is 9.73. The molecule has 0 aromatic rings. The van der Waals surface area contributed by atoms with Gasteiger partial charge in [-0.05, 0) is 25.0 Å². The van der Waals surface area contributed by atoms with Gasteiger partial charge in [0.05, 0.1) is 19.3 Å².